The van der Waals surface area contributed by atoms with Crippen LogP contribution < -0.4 is 0 Å². The van der Waals surface area contributed by atoms with Crippen molar-refractivity contribution in [3.05, 3.63) is 69.1 Å². The normalized spacial score (nSPS) is 17.5. The Morgan fingerprint density at radius 2 is 1.80 bits per heavy atom. The third-order valence-electron chi connectivity index (χ3n) is 3.48. The average molecular weight is 355 g/mol. The number of benzene rings is 2. The van der Waals surface area contributed by atoms with Crippen molar-refractivity contribution in [3.8, 4) is 5.75 Å². The number of amides is 1. The van der Waals surface area contributed by atoms with Gasteiger partial charge in [-0.05, 0) is 59.8 Å². The topological polar surface area (TPSA) is 96.0 Å². The number of phenols is 1. The van der Waals surface area contributed by atoms with Gasteiger partial charge in [-0.1, -0.05) is 0 Å². The first-order chi connectivity index (χ1) is 11.9. The van der Waals surface area contributed by atoms with E-state index >= 15 is 0 Å². The van der Waals surface area contributed by atoms with E-state index < -0.39 is 4.92 Å². The number of carbonyl (C=O) groups is 1. The van der Waals surface area contributed by atoms with Gasteiger partial charge in [0.2, 0.25) is 0 Å². The molecule has 2 aromatic rings. The maximum absolute atomic E-state index is 12.3. The summed E-state index contributed by atoms with van der Waals surface area (Å²) in [6, 6.07) is 12.3. The minimum absolute atomic E-state index is 0.000693. The first kappa shape index (κ1) is 16.7. The van der Waals surface area contributed by atoms with Gasteiger partial charge in [0.1, 0.15) is 5.75 Å². The Balaban J connectivity index is 1.85. The molecule has 1 heterocycles. The first-order valence-corrected chi connectivity index (χ1v) is 8.05. The van der Waals surface area contributed by atoms with Crippen molar-refractivity contribution in [3.63, 3.8) is 0 Å². The van der Waals surface area contributed by atoms with Crippen molar-refractivity contribution >= 4 is 40.3 Å². The second-order valence-corrected chi connectivity index (χ2v) is 6.24. The lowest BCUT2D eigenvalue weighted by Gasteiger charge is -2.07. The number of non-ortho nitro benzene ring substituents is 1. The van der Waals surface area contributed by atoms with Gasteiger partial charge in [0.05, 0.1) is 15.5 Å². The summed E-state index contributed by atoms with van der Waals surface area (Å²) in [6.07, 6.45) is 1.67. The molecule has 1 amide bonds. The van der Waals surface area contributed by atoms with Crippen LogP contribution in [0.15, 0.2) is 58.4 Å². The van der Waals surface area contributed by atoms with E-state index in [2.05, 4.69) is 4.99 Å². The molecule has 8 heteroatoms. The van der Waals surface area contributed by atoms with Crippen molar-refractivity contribution in [2.24, 2.45) is 4.99 Å². The number of thioether (sulfide) groups is 1. The third kappa shape index (κ3) is 3.69. The van der Waals surface area contributed by atoms with Crippen LogP contribution in [0.3, 0.4) is 0 Å². The lowest BCUT2D eigenvalue weighted by Crippen LogP contribution is -2.23. The third-order valence-corrected chi connectivity index (χ3v) is 4.54. The Kier molecular flexibility index (Phi) is 4.53. The van der Waals surface area contributed by atoms with Gasteiger partial charge in [0.25, 0.3) is 11.6 Å². The number of hydrogen-bond donors (Lipinski definition) is 1. The van der Waals surface area contributed by atoms with E-state index in [0.29, 0.717) is 21.3 Å². The van der Waals surface area contributed by atoms with Crippen LogP contribution in [0.25, 0.3) is 6.08 Å². The average Bonchev–Trinajstić information content (AvgIpc) is 2.85. The Hall–Kier alpha value is -3.13. The van der Waals surface area contributed by atoms with E-state index in [1.807, 2.05) is 0 Å². The minimum atomic E-state index is -0.470. The smallest absolute Gasteiger partial charge is 0.269 e. The maximum atomic E-state index is 12.3. The van der Waals surface area contributed by atoms with Crippen LogP contribution in [0.4, 0.5) is 11.4 Å². The van der Waals surface area contributed by atoms with Crippen molar-refractivity contribution < 1.29 is 14.8 Å². The summed E-state index contributed by atoms with van der Waals surface area (Å²) in [6.45, 7) is 0. The summed E-state index contributed by atoms with van der Waals surface area (Å²) in [7, 11) is 1.63. The fraction of sp³-hybridized carbons (Fsp3) is 0.0588. The van der Waals surface area contributed by atoms with E-state index in [-0.39, 0.29) is 17.3 Å². The number of amidine groups is 1. The molecule has 0 radical (unpaired) electrons. The molecule has 0 aliphatic carbocycles. The number of aliphatic imine (C=N–C) groups is 1. The summed E-state index contributed by atoms with van der Waals surface area (Å²) in [5.74, 6) is -0.0490. The predicted octanol–water partition coefficient (Wildman–Crippen LogP) is 3.53. The van der Waals surface area contributed by atoms with Crippen LogP contribution >= 0.6 is 11.8 Å². The van der Waals surface area contributed by atoms with Crippen molar-refractivity contribution in [1.82, 2.24) is 4.90 Å². The monoisotopic (exact) mass is 355 g/mol. The number of hydrogen-bond acceptors (Lipinski definition) is 6. The molecule has 126 valence electrons. The Morgan fingerprint density at radius 1 is 1.16 bits per heavy atom. The zero-order valence-corrected chi connectivity index (χ0v) is 13.9. The van der Waals surface area contributed by atoms with E-state index in [0.717, 1.165) is 0 Å². The summed E-state index contributed by atoms with van der Waals surface area (Å²) >= 11 is 1.22. The molecule has 2 aromatic carbocycles. The SMILES string of the molecule is CN1C(=O)/C(=C/c2ccc([N+](=O)[O-])cc2)SC1=Nc1ccc(O)cc1. The number of rotatable bonds is 3. The number of carbonyl (C=O) groups excluding carboxylic acids is 1. The summed E-state index contributed by atoms with van der Waals surface area (Å²) in [4.78, 5) is 28.9. The van der Waals surface area contributed by atoms with E-state index in [4.69, 9.17) is 0 Å². The van der Waals surface area contributed by atoms with Crippen molar-refractivity contribution in [2.75, 3.05) is 7.05 Å². The molecule has 0 atom stereocenters. The fourth-order valence-electron chi connectivity index (χ4n) is 2.13. The molecule has 1 aliphatic rings. The fourth-order valence-corrected chi connectivity index (χ4v) is 3.12. The number of nitrogens with zero attached hydrogens (tertiary/aromatic N) is 3. The van der Waals surface area contributed by atoms with Gasteiger partial charge in [-0.25, -0.2) is 4.99 Å². The Labute approximate surface area is 147 Å². The number of nitro benzene ring substituents is 1. The number of phenolic OH excluding ortho intramolecular Hbond substituents is 1. The molecule has 0 unspecified atom stereocenters. The highest BCUT2D eigenvalue weighted by molar-refractivity contribution is 8.18. The molecule has 1 N–H and O–H groups in total. The summed E-state index contributed by atoms with van der Waals surface area (Å²) in [5, 5.41) is 20.5. The highest BCUT2D eigenvalue weighted by Crippen LogP contribution is 2.33. The lowest BCUT2D eigenvalue weighted by atomic mass is 10.2. The van der Waals surface area contributed by atoms with E-state index in [9.17, 15) is 20.0 Å². The van der Waals surface area contributed by atoms with Crippen LogP contribution in [0, 0.1) is 10.1 Å². The lowest BCUT2D eigenvalue weighted by molar-refractivity contribution is -0.384. The van der Waals surface area contributed by atoms with Crippen LogP contribution in [0.2, 0.25) is 0 Å². The molecule has 1 fully saturated rings. The molecular formula is C17H13N3O4S. The Bertz CT molecular complexity index is 889. The van der Waals surface area contributed by atoms with Crippen LogP contribution in [0.5, 0.6) is 5.75 Å². The van der Waals surface area contributed by atoms with Gasteiger partial charge in [0, 0.05) is 19.2 Å². The molecule has 0 bridgehead atoms. The maximum Gasteiger partial charge on any atom is 0.269 e. The Morgan fingerprint density at radius 3 is 2.40 bits per heavy atom. The molecular weight excluding hydrogens is 342 g/mol. The largest absolute Gasteiger partial charge is 0.508 e. The number of nitro groups is 1. The molecule has 1 aliphatic heterocycles. The van der Waals surface area contributed by atoms with E-state index in [1.54, 1.807) is 37.4 Å². The molecule has 0 aromatic heterocycles. The van der Waals surface area contributed by atoms with Crippen LogP contribution in [-0.4, -0.2) is 33.1 Å². The molecule has 7 nitrogen and oxygen atoms in total. The zero-order valence-electron chi connectivity index (χ0n) is 13.1. The van der Waals surface area contributed by atoms with E-state index in [1.165, 1.54) is 40.9 Å². The number of likely N-dealkylation sites (N-methyl/N-ethyl adjacent to an activating group) is 1. The number of aromatic hydroxyl groups is 1. The van der Waals surface area contributed by atoms with Crippen LogP contribution in [-0.2, 0) is 4.79 Å². The van der Waals surface area contributed by atoms with Crippen molar-refractivity contribution in [2.45, 2.75) is 0 Å². The summed E-state index contributed by atoms with van der Waals surface area (Å²) in [5.41, 5.74) is 1.32. The summed E-state index contributed by atoms with van der Waals surface area (Å²) < 4.78 is 0. The van der Waals surface area contributed by atoms with Gasteiger partial charge in [-0.3, -0.25) is 19.8 Å². The van der Waals surface area contributed by atoms with Crippen molar-refractivity contribution in [1.29, 1.82) is 0 Å². The molecule has 1 saturated heterocycles. The quantitative estimate of drug-likeness (QED) is 0.516. The minimum Gasteiger partial charge on any atom is -0.508 e. The first-order valence-electron chi connectivity index (χ1n) is 7.24. The second-order valence-electron chi connectivity index (χ2n) is 5.23. The standard InChI is InChI=1S/C17H13N3O4S/c1-19-16(22)15(10-11-2-6-13(7-3-11)20(23)24)25-17(19)18-12-4-8-14(21)9-5-12/h2-10,21H,1H3/b15-10-,18-17?. The zero-order chi connectivity index (χ0) is 18.0. The molecule has 25 heavy (non-hydrogen) atoms. The van der Waals surface area contributed by atoms with Gasteiger partial charge >= 0.3 is 0 Å². The predicted molar refractivity (Wildman–Crippen MR) is 96.6 cm³/mol. The molecule has 0 saturated carbocycles. The highest BCUT2D eigenvalue weighted by atomic mass is 32.2. The van der Waals surface area contributed by atoms with Gasteiger partial charge in [0.15, 0.2) is 5.17 Å². The van der Waals surface area contributed by atoms with Gasteiger partial charge in [-0.2, -0.15) is 0 Å². The highest BCUT2D eigenvalue weighted by Gasteiger charge is 2.30. The van der Waals surface area contributed by atoms with Gasteiger partial charge < -0.3 is 5.11 Å². The molecule has 0 spiro atoms. The van der Waals surface area contributed by atoms with Gasteiger partial charge in [-0.15, -0.1) is 0 Å². The van der Waals surface area contributed by atoms with Crippen LogP contribution in [0.1, 0.15) is 5.56 Å². The molecule has 3 rings (SSSR count). The second kappa shape index (κ2) is 6.78.